The van der Waals surface area contributed by atoms with Crippen molar-refractivity contribution in [2.75, 3.05) is 20.0 Å². The smallest absolute Gasteiger partial charge is 0.267 e. The SMILES string of the molecule is COc1ccc(OC)c(C=NNC(=O)CSc2nc3sc4c(c3c(=O)n2-c2ccc(C)cc2)CCCC4)c1. The Hall–Kier alpha value is -3.63. The normalized spacial score (nSPS) is 13.0. The molecule has 0 aliphatic heterocycles. The number of nitrogens with one attached hydrogen (secondary N) is 1. The number of thioether (sulfide) groups is 1. The Morgan fingerprint density at radius 2 is 1.95 bits per heavy atom. The Bertz CT molecular complexity index is 1570. The summed E-state index contributed by atoms with van der Waals surface area (Å²) in [5, 5.41) is 5.28. The zero-order valence-electron chi connectivity index (χ0n) is 21.4. The van der Waals surface area contributed by atoms with Crippen LogP contribution < -0.4 is 20.5 Å². The number of thiophene rings is 1. The van der Waals surface area contributed by atoms with E-state index < -0.39 is 0 Å². The van der Waals surface area contributed by atoms with E-state index in [4.69, 9.17) is 14.5 Å². The topological polar surface area (TPSA) is 94.8 Å². The molecule has 0 unspecified atom stereocenters. The van der Waals surface area contributed by atoms with Gasteiger partial charge >= 0.3 is 0 Å². The van der Waals surface area contributed by atoms with Gasteiger partial charge in [-0.2, -0.15) is 5.10 Å². The number of hydrogen-bond acceptors (Lipinski definition) is 8. The highest BCUT2D eigenvalue weighted by Gasteiger charge is 2.23. The predicted molar refractivity (Wildman–Crippen MR) is 153 cm³/mol. The number of carbonyl (C=O) groups excluding carboxylic acids is 1. The van der Waals surface area contributed by atoms with Gasteiger partial charge in [0.25, 0.3) is 11.5 Å². The summed E-state index contributed by atoms with van der Waals surface area (Å²) in [6.07, 6.45) is 5.62. The molecule has 38 heavy (non-hydrogen) atoms. The van der Waals surface area contributed by atoms with E-state index in [1.54, 1.807) is 48.3 Å². The van der Waals surface area contributed by atoms with Crippen molar-refractivity contribution in [2.45, 2.75) is 37.8 Å². The van der Waals surface area contributed by atoms with Crippen molar-refractivity contribution in [3.05, 3.63) is 74.4 Å². The number of aryl methyl sites for hydroxylation is 3. The number of amides is 1. The van der Waals surface area contributed by atoms with Crippen LogP contribution in [0.15, 0.2) is 57.5 Å². The van der Waals surface area contributed by atoms with Crippen molar-refractivity contribution in [1.82, 2.24) is 15.0 Å². The number of rotatable bonds is 8. The van der Waals surface area contributed by atoms with E-state index in [2.05, 4.69) is 10.5 Å². The molecular weight excluding hydrogens is 520 g/mol. The third-order valence-electron chi connectivity index (χ3n) is 6.41. The van der Waals surface area contributed by atoms with E-state index in [1.165, 1.54) is 22.9 Å². The van der Waals surface area contributed by atoms with Crippen molar-refractivity contribution < 1.29 is 14.3 Å². The van der Waals surface area contributed by atoms with Crippen LogP contribution in [-0.2, 0) is 17.6 Å². The van der Waals surface area contributed by atoms with E-state index in [1.807, 2.05) is 31.2 Å². The molecule has 10 heteroatoms. The summed E-state index contributed by atoms with van der Waals surface area (Å²) in [4.78, 5) is 33.4. The number of nitrogens with zero attached hydrogens (tertiary/aromatic N) is 3. The molecule has 1 amide bonds. The van der Waals surface area contributed by atoms with E-state index >= 15 is 0 Å². The van der Waals surface area contributed by atoms with Gasteiger partial charge in [-0.3, -0.25) is 14.2 Å². The maximum Gasteiger partial charge on any atom is 0.267 e. The van der Waals surface area contributed by atoms with Crippen LogP contribution in [0.1, 0.15) is 34.4 Å². The molecule has 1 N–H and O–H groups in total. The summed E-state index contributed by atoms with van der Waals surface area (Å²) in [7, 11) is 3.14. The fourth-order valence-corrected chi connectivity index (χ4v) is 6.59. The quantitative estimate of drug-likeness (QED) is 0.146. The first-order valence-electron chi connectivity index (χ1n) is 12.3. The van der Waals surface area contributed by atoms with Crippen LogP contribution in [0.5, 0.6) is 11.5 Å². The zero-order chi connectivity index (χ0) is 26.6. The predicted octanol–water partition coefficient (Wildman–Crippen LogP) is 4.89. The van der Waals surface area contributed by atoms with Crippen LogP contribution >= 0.6 is 23.1 Å². The van der Waals surface area contributed by atoms with Gasteiger partial charge < -0.3 is 9.47 Å². The third-order valence-corrected chi connectivity index (χ3v) is 8.54. The lowest BCUT2D eigenvalue weighted by molar-refractivity contribution is -0.118. The molecule has 196 valence electrons. The Kier molecular flexibility index (Phi) is 7.80. The first-order valence-corrected chi connectivity index (χ1v) is 14.1. The van der Waals surface area contributed by atoms with E-state index in [0.717, 1.165) is 52.7 Å². The summed E-state index contributed by atoms with van der Waals surface area (Å²) in [6.45, 7) is 2.00. The summed E-state index contributed by atoms with van der Waals surface area (Å²) < 4.78 is 12.2. The molecule has 0 bridgehead atoms. The fourth-order valence-electron chi connectivity index (χ4n) is 4.48. The van der Waals surface area contributed by atoms with Gasteiger partial charge in [-0.15, -0.1) is 11.3 Å². The lowest BCUT2D eigenvalue weighted by atomic mass is 9.97. The minimum absolute atomic E-state index is 0.0431. The highest BCUT2D eigenvalue weighted by atomic mass is 32.2. The van der Waals surface area contributed by atoms with Crippen LogP contribution in [0.3, 0.4) is 0 Å². The van der Waals surface area contributed by atoms with Crippen molar-refractivity contribution in [3.63, 3.8) is 0 Å². The second-order valence-electron chi connectivity index (χ2n) is 8.95. The first kappa shape index (κ1) is 26.0. The standard InChI is InChI=1S/C28H28N4O4S2/c1-17-8-10-19(11-9-17)32-27(34)25-21-6-4-5-7-23(21)38-26(25)30-28(32)37-16-24(33)31-29-15-18-14-20(35-2)12-13-22(18)36-3/h8-15H,4-7,16H2,1-3H3,(H,31,33). The number of ether oxygens (including phenoxy) is 2. The van der Waals surface area contributed by atoms with Crippen LogP contribution in [-0.4, -0.2) is 41.6 Å². The fraction of sp³-hybridized carbons (Fsp3) is 0.286. The van der Waals surface area contributed by atoms with Crippen LogP contribution in [0, 0.1) is 6.92 Å². The van der Waals surface area contributed by atoms with Crippen LogP contribution in [0.4, 0.5) is 0 Å². The van der Waals surface area contributed by atoms with Gasteiger partial charge in [0.05, 0.1) is 37.3 Å². The molecule has 0 saturated carbocycles. The summed E-state index contributed by atoms with van der Waals surface area (Å²) in [5.41, 5.74) is 6.12. The molecule has 2 aromatic heterocycles. The highest BCUT2D eigenvalue weighted by molar-refractivity contribution is 7.99. The third kappa shape index (κ3) is 5.32. The monoisotopic (exact) mass is 548 g/mol. The van der Waals surface area contributed by atoms with Crippen molar-refractivity contribution in [1.29, 1.82) is 0 Å². The number of benzene rings is 2. The number of aromatic nitrogens is 2. The molecule has 0 atom stereocenters. The second-order valence-corrected chi connectivity index (χ2v) is 11.0. The first-order chi connectivity index (χ1) is 18.5. The Morgan fingerprint density at radius 1 is 1.16 bits per heavy atom. The molecule has 2 aromatic carbocycles. The largest absolute Gasteiger partial charge is 0.497 e. The number of hydrogen-bond donors (Lipinski definition) is 1. The molecule has 5 rings (SSSR count). The molecule has 0 fully saturated rings. The van der Waals surface area contributed by atoms with Gasteiger partial charge in [0.2, 0.25) is 0 Å². The number of methoxy groups -OCH3 is 2. The lowest BCUT2D eigenvalue weighted by Gasteiger charge is -2.13. The van der Waals surface area contributed by atoms with Gasteiger partial charge in [-0.05, 0) is 68.5 Å². The number of carbonyl (C=O) groups is 1. The molecule has 0 radical (unpaired) electrons. The average molecular weight is 549 g/mol. The Labute approximate surface area is 228 Å². The van der Waals surface area contributed by atoms with Gasteiger partial charge in [0, 0.05) is 10.4 Å². The van der Waals surface area contributed by atoms with Gasteiger partial charge in [-0.25, -0.2) is 10.4 Å². The Balaban J connectivity index is 1.40. The van der Waals surface area contributed by atoms with Crippen LogP contribution in [0.2, 0.25) is 0 Å². The minimum atomic E-state index is -0.316. The lowest BCUT2D eigenvalue weighted by Crippen LogP contribution is -2.24. The van der Waals surface area contributed by atoms with Crippen molar-refractivity contribution >= 4 is 45.4 Å². The van der Waals surface area contributed by atoms with E-state index in [0.29, 0.717) is 22.2 Å². The summed E-state index contributed by atoms with van der Waals surface area (Å²) in [5.74, 6) is 0.987. The van der Waals surface area contributed by atoms with E-state index in [-0.39, 0.29) is 17.2 Å². The molecular formula is C28H28N4O4S2. The minimum Gasteiger partial charge on any atom is -0.497 e. The van der Waals surface area contributed by atoms with E-state index in [9.17, 15) is 9.59 Å². The van der Waals surface area contributed by atoms with Gasteiger partial charge in [-0.1, -0.05) is 29.5 Å². The second kappa shape index (κ2) is 11.4. The van der Waals surface area contributed by atoms with Gasteiger partial charge in [0.15, 0.2) is 5.16 Å². The molecule has 8 nitrogen and oxygen atoms in total. The average Bonchev–Trinajstić information content (AvgIpc) is 3.31. The van der Waals surface area contributed by atoms with Crippen molar-refractivity contribution in [2.24, 2.45) is 5.10 Å². The molecule has 4 aromatic rings. The van der Waals surface area contributed by atoms with Crippen LogP contribution in [0.25, 0.3) is 15.9 Å². The highest BCUT2D eigenvalue weighted by Crippen LogP contribution is 2.35. The molecule has 1 aliphatic rings. The maximum absolute atomic E-state index is 13.8. The molecule has 0 spiro atoms. The number of hydrazone groups is 1. The molecule has 1 aliphatic carbocycles. The van der Waals surface area contributed by atoms with Crippen molar-refractivity contribution in [3.8, 4) is 17.2 Å². The summed E-state index contributed by atoms with van der Waals surface area (Å²) in [6, 6.07) is 13.1. The summed E-state index contributed by atoms with van der Waals surface area (Å²) >= 11 is 2.82. The van der Waals surface area contributed by atoms with Gasteiger partial charge in [0.1, 0.15) is 16.3 Å². The molecule has 2 heterocycles. The molecule has 0 saturated heterocycles. The maximum atomic E-state index is 13.8. The zero-order valence-corrected chi connectivity index (χ0v) is 23.1. The Morgan fingerprint density at radius 3 is 2.71 bits per heavy atom. The number of fused-ring (bicyclic) bond motifs is 3.